The maximum atomic E-state index is 13.4. The fourth-order valence-electron chi connectivity index (χ4n) is 4.98. The number of aliphatic carboxylic acids is 1. The highest BCUT2D eigenvalue weighted by atomic mass is 16.5. The zero-order valence-electron chi connectivity index (χ0n) is 21.6. The average molecular weight is 530 g/mol. The van der Waals surface area contributed by atoms with E-state index in [1.165, 1.54) is 11.0 Å². The lowest BCUT2D eigenvalue weighted by Crippen LogP contribution is -2.55. The topological polar surface area (TPSA) is 125 Å². The van der Waals surface area contributed by atoms with Crippen molar-refractivity contribution < 1.29 is 29.0 Å². The lowest BCUT2D eigenvalue weighted by Gasteiger charge is -2.37. The third-order valence-electron chi connectivity index (χ3n) is 7.01. The third-order valence-corrected chi connectivity index (χ3v) is 7.01. The molecule has 0 bridgehead atoms. The second-order valence-electron chi connectivity index (χ2n) is 9.37. The molecule has 3 N–H and O–H groups in total. The van der Waals surface area contributed by atoms with Gasteiger partial charge >= 0.3 is 18.0 Å². The summed E-state index contributed by atoms with van der Waals surface area (Å²) in [6, 6.07) is 23.8. The molecule has 3 aromatic rings. The van der Waals surface area contributed by atoms with Crippen LogP contribution < -0.4 is 10.6 Å². The van der Waals surface area contributed by atoms with Crippen LogP contribution in [0.25, 0.3) is 0 Å². The minimum atomic E-state index is -1.34. The molecule has 1 aliphatic rings. The Bertz CT molecular complexity index is 1330. The number of anilines is 1. The molecule has 0 spiro atoms. The number of amides is 3. The smallest absolute Gasteiger partial charge is 0.338 e. The maximum Gasteiger partial charge on any atom is 0.338 e. The Hall–Kier alpha value is -4.66. The summed E-state index contributed by atoms with van der Waals surface area (Å²) in [6.07, 6.45) is 1.08. The van der Waals surface area contributed by atoms with Crippen molar-refractivity contribution in [3.05, 3.63) is 102 Å². The first-order valence-electron chi connectivity index (χ1n) is 12.8. The van der Waals surface area contributed by atoms with Gasteiger partial charge in [-0.15, -0.1) is 0 Å². The van der Waals surface area contributed by atoms with Crippen LogP contribution in [0.3, 0.4) is 0 Å². The Labute approximate surface area is 226 Å². The monoisotopic (exact) mass is 529 g/mol. The van der Waals surface area contributed by atoms with Crippen LogP contribution in [-0.4, -0.2) is 46.0 Å². The third kappa shape index (κ3) is 6.26. The maximum absolute atomic E-state index is 13.4. The van der Waals surface area contributed by atoms with Crippen molar-refractivity contribution in [1.29, 1.82) is 0 Å². The molecule has 0 saturated carbocycles. The molecule has 9 heteroatoms. The Morgan fingerprint density at radius 3 is 2.33 bits per heavy atom. The van der Waals surface area contributed by atoms with Crippen LogP contribution in [0, 0.1) is 0 Å². The summed E-state index contributed by atoms with van der Waals surface area (Å²) in [5.74, 6) is -2.08. The number of carboxylic acids is 1. The van der Waals surface area contributed by atoms with Crippen LogP contribution in [0.2, 0.25) is 0 Å². The molecule has 2 unspecified atom stereocenters. The van der Waals surface area contributed by atoms with Crippen molar-refractivity contribution in [2.75, 3.05) is 11.9 Å². The second-order valence-corrected chi connectivity index (χ2v) is 9.37. The standard InChI is InChI=1S/C30H31N3O6/c1-2-30(28(36)37)17-16-25(22-12-7-4-8-13-22)33(30)26(34)19-31-29(38)32-24-15-9-14-23(18-24)27(35)39-20-21-10-5-3-6-11-21/h3-15,18,25H,2,16-17,19-20H2,1H3,(H,36,37)(H2,31,32,38). The van der Waals surface area contributed by atoms with Gasteiger partial charge in [-0.3, -0.25) is 4.79 Å². The van der Waals surface area contributed by atoms with E-state index in [0.29, 0.717) is 18.5 Å². The summed E-state index contributed by atoms with van der Waals surface area (Å²) in [5.41, 5.74) is 0.960. The molecule has 0 radical (unpaired) electrons. The molecule has 0 aromatic heterocycles. The summed E-state index contributed by atoms with van der Waals surface area (Å²) in [7, 11) is 0. The number of urea groups is 1. The number of carbonyl (C=O) groups is 4. The highest BCUT2D eigenvalue weighted by molar-refractivity contribution is 5.96. The van der Waals surface area contributed by atoms with Gasteiger partial charge in [0.15, 0.2) is 0 Å². The number of ether oxygens (including phenoxy) is 1. The molecular formula is C30H31N3O6. The predicted molar refractivity (Wildman–Crippen MR) is 145 cm³/mol. The first kappa shape index (κ1) is 27.4. The van der Waals surface area contributed by atoms with Gasteiger partial charge in [0, 0.05) is 5.69 Å². The highest BCUT2D eigenvalue weighted by Gasteiger charge is 2.53. The van der Waals surface area contributed by atoms with E-state index in [4.69, 9.17) is 4.74 Å². The molecule has 1 fully saturated rings. The molecule has 1 heterocycles. The quantitative estimate of drug-likeness (QED) is 0.343. The van der Waals surface area contributed by atoms with E-state index in [0.717, 1.165) is 11.1 Å². The number of esters is 1. The molecule has 2 atom stereocenters. The van der Waals surface area contributed by atoms with Gasteiger partial charge < -0.3 is 25.4 Å². The van der Waals surface area contributed by atoms with E-state index in [9.17, 15) is 24.3 Å². The number of hydrogen-bond donors (Lipinski definition) is 3. The largest absolute Gasteiger partial charge is 0.479 e. The first-order chi connectivity index (χ1) is 18.8. The van der Waals surface area contributed by atoms with E-state index in [2.05, 4.69) is 10.6 Å². The molecule has 9 nitrogen and oxygen atoms in total. The van der Waals surface area contributed by atoms with Gasteiger partial charge in [-0.25, -0.2) is 14.4 Å². The summed E-state index contributed by atoms with van der Waals surface area (Å²) in [4.78, 5) is 52.2. The Morgan fingerprint density at radius 1 is 0.974 bits per heavy atom. The fraction of sp³-hybridized carbons (Fsp3) is 0.267. The van der Waals surface area contributed by atoms with Crippen LogP contribution in [0.5, 0.6) is 0 Å². The molecule has 3 amide bonds. The molecule has 202 valence electrons. The zero-order valence-corrected chi connectivity index (χ0v) is 21.6. The molecule has 1 saturated heterocycles. The number of rotatable bonds is 9. The summed E-state index contributed by atoms with van der Waals surface area (Å²) < 4.78 is 5.34. The minimum Gasteiger partial charge on any atom is -0.479 e. The Kier molecular flexibility index (Phi) is 8.60. The van der Waals surface area contributed by atoms with Gasteiger partial charge in [-0.05, 0) is 48.6 Å². The van der Waals surface area contributed by atoms with Crippen LogP contribution in [0.4, 0.5) is 10.5 Å². The van der Waals surface area contributed by atoms with Crippen molar-refractivity contribution in [3.63, 3.8) is 0 Å². The number of hydrogen-bond acceptors (Lipinski definition) is 5. The van der Waals surface area contributed by atoms with Crippen LogP contribution in [0.1, 0.15) is 53.7 Å². The van der Waals surface area contributed by atoms with E-state index in [-0.39, 0.29) is 25.1 Å². The number of carbonyl (C=O) groups excluding carboxylic acids is 3. The van der Waals surface area contributed by atoms with Gasteiger partial charge in [0.25, 0.3) is 0 Å². The van der Waals surface area contributed by atoms with Gasteiger partial charge in [0.1, 0.15) is 12.1 Å². The lowest BCUT2D eigenvalue weighted by atomic mass is 9.93. The molecule has 39 heavy (non-hydrogen) atoms. The van der Waals surface area contributed by atoms with E-state index in [1.54, 1.807) is 25.1 Å². The zero-order chi connectivity index (χ0) is 27.8. The molecular weight excluding hydrogens is 498 g/mol. The van der Waals surface area contributed by atoms with E-state index in [1.807, 2.05) is 60.7 Å². The summed E-state index contributed by atoms with van der Waals surface area (Å²) in [5, 5.41) is 15.2. The van der Waals surface area contributed by atoms with Crippen LogP contribution in [0.15, 0.2) is 84.9 Å². The minimum absolute atomic E-state index is 0.121. The number of benzene rings is 3. The molecule has 4 rings (SSSR count). The predicted octanol–water partition coefficient (Wildman–Crippen LogP) is 4.76. The summed E-state index contributed by atoms with van der Waals surface area (Å²) >= 11 is 0. The highest BCUT2D eigenvalue weighted by Crippen LogP contribution is 2.44. The van der Waals surface area contributed by atoms with Crippen molar-refractivity contribution in [2.24, 2.45) is 0 Å². The average Bonchev–Trinajstić information content (AvgIpc) is 3.37. The summed E-state index contributed by atoms with van der Waals surface area (Å²) in [6.45, 7) is 1.48. The van der Waals surface area contributed by atoms with Gasteiger partial charge in [0.2, 0.25) is 5.91 Å². The van der Waals surface area contributed by atoms with E-state index >= 15 is 0 Å². The number of likely N-dealkylation sites (tertiary alicyclic amines) is 1. The molecule has 0 aliphatic carbocycles. The Balaban J connectivity index is 1.38. The first-order valence-corrected chi connectivity index (χ1v) is 12.8. The number of carboxylic acid groups (broad SMARTS) is 1. The fourth-order valence-corrected chi connectivity index (χ4v) is 4.98. The van der Waals surface area contributed by atoms with Crippen LogP contribution in [-0.2, 0) is 20.9 Å². The van der Waals surface area contributed by atoms with Crippen molar-refractivity contribution >= 4 is 29.6 Å². The Morgan fingerprint density at radius 2 is 1.67 bits per heavy atom. The van der Waals surface area contributed by atoms with Gasteiger partial charge in [-0.1, -0.05) is 73.7 Å². The van der Waals surface area contributed by atoms with Gasteiger partial charge in [-0.2, -0.15) is 0 Å². The lowest BCUT2D eigenvalue weighted by molar-refractivity contribution is -0.158. The van der Waals surface area contributed by atoms with E-state index < -0.39 is 35.5 Å². The number of nitrogens with one attached hydrogen (secondary N) is 2. The molecule has 3 aromatic carbocycles. The van der Waals surface area contributed by atoms with Gasteiger partial charge in [0.05, 0.1) is 18.2 Å². The normalized spacial score (nSPS) is 18.3. The van der Waals surface area contributed by atoms with Crippen molar-refractivity contribution in [2.45, 2.75) is 44.4 Å². The van der Waals surface area contributed by atoms with Crippen molar-refractivity contribution in [3.8, 4) is 0 Å². The SMILES string of the molecule is CCC1(C(=O)O)CCC(c2ccccc2)N1C(=O)CNC(=O)Nc1cccc(C(=O)OCc2ccccc2)c1. The second kappa shape index (κ2) is 12.3. The molecule has 1 aliphatic heterocycles. The van der Waals surface area contributed by atoms with Crippen LogP contribution >= 0.6 is 0 Å². The van der Waals surface area contributed by atoms with Crippen molar-refractivity contribution in [1.82, 2.24) is 10.2 Å². The number of nitrogens with zero attached hydrogens (tertiary/aromatic N) is 1.